The van der Waals surface area contributed by atoms with Crippen LogP contribution in [-0.4, -0.2) is 24.8 Å². The number of benzene rings is 1. The van der Waals surface area contributed by atoms with Crippen molar-refractivity contribution >= 4 is 0 Å². The fourth-order valence-corrected chi connectivity index (χ4v) is 3.00. The molecule has 3 nitrogen and oxygen atoms in total. The summed E-state index contributed by atoms with van der Waals surface area (Å²) in [6, 6.07) is 8.94. The summed E-state index contributed by atoms with van der Waals surface area (Å²) in [6.45, 7) is 11.4. The molecule has 120 valence electrons. The van der Waals surface area contributed by atoms with E-state index in [1.807, 2.05) is 0 Å². The van der Waals surface area contributed by atoms with Gasteiger partial charge in [-0.25, -0.2) is 0 Å². The summed E-state index contributed by atoms with van der Waals surface area (Å²) in [5.41, 5.74) is 7.90. The van der Waals surface area contributed by atoms with Crippen LogP contribution < -0.4 is 5.32 Å². The summed E-state index contributed by atoms with van der Waals surface area (Å²) in [5, 5.41) is 3.50. The number of rotatable bonds is 7. The van der Waals surface area contributed by atoms with Crippen LogP contribution in [0.4, 0.5) is 0 Å². The third-order valence-electron chi connectivity index (χ3n) is 4.15. The van der Waals surface area contributed by atoms with E-state index < -0.39 is 0 Å². The van der Waals surface area contributed by atoms with Crippen molar-refractivity contribution in [3.63, 3.8) is 0 Å². The average Bonchev–Trinajstić information content (AvgIpc) is 2.74. The minimum Gasteiger partial charge on any atom is -0.385 e. The molecule has 0 saturated carbocycles. The highest BCUT2D eigenvalue weighted by Gasteiger charge is 2.12. The van der Waals surface area contributed by atoms with E-state index in [-0.39, 0.29) is 0 Å². The number of hydrogen-bond acceptors (Lipinski definition) is 2. The van der Waals surface area contributed by atoms with E-state index in [0.29, 0.717) is 0 Å². The van der Waals surface area contributed by atoms with Crippen LogP contribution in [0.1, 0.15) is 34.5 Å². The van der Waals surface area contributed by atoms with Crippen LogP contribution in [0.15, 0.2) is 24.3 Å². The molecule has 0 aliphatic heterocycles. The van der Waals surface area contributed by atoms with E-state index >= 15 is 0 Å². The molecule has 2 aromatic rings. The van der Waals surface area contributed by atoms with Crippen LogP contribution in [0.2, 0.25) is 0 Å². The monoisotopic (exact) mass is 300 g/mol. The Morgan fingerprint density at radius 1 is 1.09 bits per heavy atom. The highest BCUT2D eigenvalue weighted by Crippen LogP contribution is 2.23. The minimum atomic E-state index is 0.814. The van der Waals surface area contributed by atoms with Crippen LogP contribution >= 0.6 is 0 Å². The fraction of sp³-hybridized carbons (Fsp3) is 0.474. The van der Waals surface area contributed by atoms with Crippen LogP contribution in [0.25, 0.3) is 5.69 Å². The summed E-state index contributed by atoms with van der Waals surface area (Å²) in [5.74, 6) is 0. The molecule has 1 N–H and O–H groups in total. The Balaban J connectivity index is 2.16. The molecule has 0 spiro atoms. The van der Waals surface area contributed by atoms with Gasteiger partial charge in [0.2, 0.25) is 0 Å². The topological polar surface area (TPSA) is 26.2 Å². The van der Waals surface area contributed by atoms with E-state index in [9.17, 15) is 0 Å². The quantitative estimate of drug-likeness (QED) is 0.786. The Labute approximate surface area is 134 Å². The lowest BCUT2D eigenvalue weighted by Gasteiger charge is -2.14. The fourth-order valence-electron chi connectivity index (χ4n) is 3.00. The third kappa shape index (κ3) is 3.79. The molecule has 0 radical (unpaired) electrons. The predicted octanol–water partition coefficient (Wildman–Crippen LogP) is 3.84. The molecule has 1 aromatic carbocycles. The van der Waals surface area contributed by atoms with E-state index in [0.717, 1.165) is 26.1 Å². The van der Waals surface area contributed by atoms with Crippen molar-refractivity contribution in [3.05, 3.63) is 52.3 Å². The molecule has 1 aromatic heterocycles. The first-order valence-electron chi connectivity index (χ1n) is 7.99. The zero-order chi connectivity index (χ0) is 16.1. The van der Waals surface area contributed by atoms with Crippen molar-refractivity contribution < 1.29 is 4.74 Å². The van der Waals surface area contributed by atoms with Gasteiger partial charge in [0.1, 0.15) is 0 Å². The van der Waals surface area contributed by atoms with Gasteiger partial charge in [-0.15, -0.1) is 0 Å². The first kappa shape index (κ1) is 16.8. The molecule has 0 atom stereocenters. The zero-order valence-corrected chi connectivity index (χ0v) is 14.5. The number of nitrogens with one attached hydrogen (secondary N) is 1. The lowest BCUT2D eigenvalue weighted by Crippen LogP contribution is -2.16. The van der Waals surface area contributed by atoms with Crippen molar-refractivity contribution in [2.45, 2.75) is 40.7 Å². The predicted molar refractivity (Wildman–Crippen MR) is 92.9 cm³/mol. The maximum Gasteiger partial charge on any atom is 0.0484 e. The second kappa shape index (κ2) is 7.61. The van der Waals surface area contributed by atoms with Gasteiger partial charge in [0, 0.05) is 37.3 Å². The molecular formula is C19H28N2O. The molecule has 0 bridgehead atoms. The molecule has 0 aliphatic carbocycles. The Kier molecular flexibility index (Phi) is 5.81. The molecule has 3 heteroatoms. The molecule has 1 heterocycles. The van der Waals surface area contributed by atoms with Crippen molar-refractivity contribution in [2.75, 3.05) is 20.3 Å². The number of aromatic nitrogens is 1. The largest absolute Gasteiger partial charge is 0.385 e. The van der Waals surface area contributed by atoms with Gasteiger partial charge < -0.3 is 14.6 Å². The van der Waals surface area contributed by atoms with Crippen molar-refractivity contribution in [2.24, 2.45) is 0 Å². The third-order valence-corrected chi connectivity index (χ3v) is 4.15. The van der Waals surface area contributed by atoms with Gasteiger partial charge in [-0.3, -0.25) is 0 Å². The van der Waals surface area contributed by atoms with Crippen LogP contribution in [0.5, 0.6) is 0 Å². The molecule has 0 unspecified atom stereocenters. The van der Waals surface area contributed by atoms with Gasteiger partial charge in [-0.05, 0) is 63.9 Å². The first-order valence-corrected chi connectivity index (χ1v) is 7.99. The van der Waals surface area contributed by atoms with E-state index in [4.69, 9.17) is 4.74 Å². The Bertz CT molecular complexity index is 629. The second-order valence-electron chi connectivity index (χ2n) is 6.04. The normalized spacial score (nSPS) is 11.1. The van der Waals surface area contributed by atoms with E-state index in [1.54, 1.807) is 7.11 Å². The Morgan fingerprint density at radius 2 is 1.86 bits per heavy atom. The minimum absolute atomic E-state index is 0.814. The lowest BCUT2D eigenvalue weighted by atomic mass is 10.1. The van der Waals surface area contributed by atoms with Crippen LogP contribution in [-0.2, 0) is 11.3 Å². The number of nitrogens with zero attached hydrogens (tertiary/aromatic N) is 1. The first-order chi connectivity index (χ1) is 10.5. The summed E-state index contributed by atoms with van der Waals surface area (Å²) < 4.78 is 7.44. The molecule has 0 fully saturated rings. The summed E-state index contributed by atoms with van der Waals surface area (Å²) in [6.07, 6.45) is 1.05. The molecule has 22 heavy (non-hydrogen) atoms. The summed E-state index contributed by atoms with van der Waals surface area (Å²) in [4.78, 5) is 0. The van der Waals surface area contributed by atoms with Gasteiger partial charge in [-0.2, -0.15) is 0 Å². The molecule has 0 saturated heterocycles. The summed E-state index contributed by atoms with van der Waals surface area (Å²) in [7, 11) is 1.75. The van der Waals surface area contributed by atoms with Crippen molar-refractivity contribution in [3.8, 4) is 5.69 Å². The van der Waals surface area contributed by atoms with Gasteiger partial charge in [0.25, 0.3) is 0 Å². The van der Waals surface area contributed by atoms with Crippen LogP contribution in [0, 0.1) is 27.7 Å². The van der Waals surface area contributed by atoms with Gasteiger partial charge in [0.05, 0.1) is 0 Å². The maximum atomic E-state index is 5.08. The maximum absolute atomic E-state index is 5.08. The number of methoxy groups -OCH3 is 1. The Hall–Kier alpha value is -1.58. The zero-order valence-electron chi connectivity index (χ0n) is 14.5. The SMILES string of the molecule is COCCCNCc1cc(C)n(-c2ccc(C)cc2C)c1C. The van der Waals surface area contributed by atoms with Crippen molar-refractivity contribution in [1.82, 2.24) is 9.88 Å². The van der Waals surface area contributed by atoms with E-state index in [2.05, 4.69) is 61.8 Å². The van der Waals surface area contributed by atoms with E-state index in [1.165, 1.54) is 33.8 Å². The van der Waals surface area contributed by atoms with Crippen molar-refractivity contribution in [1.29, 1.82) is 0 Å². The lowest BCUT2D eigenvalue weighted by molar-refractivity contribution is 0.194. The van der Waals surface area contributed by atoms with Gasteiger partial charge in [-0.1, -0.05) is 17.7 Å². The molecule has 0 aliphatic rings. The molecular weight excluding hydrogens is 272 g/mol. The second-order valence-corrected chi connectivity index (χ2v) is 6.04. The average molecular weight is 300 g/mol. The molecule has 2 rings (SSSR count). The van der Waals surface area contributed by atoms with Crippen LogP contribution in [0.3, 0.4) is 0 Å². The standard InChI is InChI=1S/C19H28N2O/c1-14-7-8-19(15(2)11-14)21-16(3)12-18(17(21)4)13-20-9-6-10-22-5/h7-8,11-12,20H,6,9-10,13H2,1-5H3. The smallest absolute Gasteiger partial charge is 0.0484 e. The summed E-state index contributed by atoms with van der Waals surface area (Å²) >= 11 is 0. The number of aryl methyl sites for hydroxylation is 3. The molecule has 0 amide bonds. The number of ether oxygens (including phenoxy) is 1. The van der Waals surface area contributed by atoms with Gasteiger partial charge in [0.15, 0.2) is 0 Å². The highest BCUT2D eigenvalue weighted by atomic mass is 16.5. The Morgan fingerprint density at radius 3 is 2.55 bits per heavy atom. The highest BCUT2D eigenvalue weighted by molar-refractivity contribution is 5.47. The number of hydrogen-bond donors (Lipinski definition) is 1. The van der Waals surface area contributed by atoms with Gasteiger partial charge >= 0.3 is 0 Å².